The zero-order valence-electron chi connectivity index (χ0n) is 8.69. The highest BCUT2D eigenvalue weighted by Gasteiger charge is 2.30. The van der Waals surface area contributed by atoms with Crippen molar-refractivity contribution < 1.29 is 9.84 Å². The largest absolute Gasteiger partial charge is 0.393 e. The highest BCUT2D eigenvalue weighted by atomic mass is 79.9. The Kier molecular flexibility index (Phi) is 3.44. The molecule has 3 atom stereocenters. The van der Waals surface area contributed by atoms with Crippen LogP contribution >= 0.6 is 15.9 Å². The molecule has 0 aliphatic carbocycles. The van der Waals surface area contributed by atoms with E-state index in [0.29, 0.717) is 6.61 Å². The predicted octanol–water partition coefficient (Wildman–Crippen LogP) is 2.91. The smallest absolute Gasteiger partial charge is 0.0875 e. The van der Waals surface area contributed by atoms with Crippen LogP contribution in [0.4, 0.5) is 0 Å². The molecule has 0 amide bonds. The molecular weight excluding hydrogens is 256 g/mol. The van der Waals surface area contributed by atoms with Gasteiger partial charge in [-0.3, -0.25) is 0 Å². The molecule has 1 aliphatic heterocycles. The Morgan fingerprint density at radius 1 is 1.33 bits per heavy atom. The van der Waals surface area contributed by atoms with E-state index in [1.165, 1.54) is 0 Å². The van der Waals surface area contributed by atoms with Crippen LogP contribution in [0.2, 0.25) is 0 Å². The molecule has 0 radical (unpaired) electrons. The summed E-state index contributed by atoms with van der Waals surface area (Å²) in [6.07, 6.45) is 0.531. The normalized spacial score (nSPS) is 31.5. The molecule has 1 aromatic carbocycles. The van der Waals surface area contributed by atoms with Crippen LogP contribution in [-0.4, -0.2) is 17.8 Å². The van der Waals surface area contributed by atoms with Crippen molar-refractivity contribution in [3.63, 3.8) is 0 Å². The Morgan fingerprint density at radius 2 is 2.00 bits per heavy atom. The fraction of sp³-hybridized carbons (Fsp3) is 0.500. The van der Waals surface area contributed by atoms with Crippen LogP contribution in [0.3, 0.4) is 0 Å². The van der Waals surface area contributed by atoms with E-state index >= 15 is 0 Å². The van der Waals surface area contributed by atoms with E-state index in [0.717, 1.165) is 16.5 Å². The van der Waals surface area contributed by atoms with Gasteiger partial charge in [0.05, 0.1) is 12.2 Å². The molecule has 1 saturated heterocycles. The lowest BCUT2D eigenvalue weighted by molar-refractivity contribution is -0.0874. The fourth-order valence-electron chi connectivity index (χ4n) is 1.98. The monoisotopic (exact) mass is 270 g/mol. The summed E-state index contributed by atoms with van der Waals surface area (Å²) in [5.74, 6) is 0.167. The maximum Gasteiger partial charge on any atom is 0.0875 e. The number of benzene rings is 1. The van der Waals surface area contributed by atoms with E-state index in [9.17, 15) is 5.11 Å². The quantitative estimate of drug-likeness (QED) is 0.851. The van der Waals surface area contributed by atoms with Gasteiger partial charge in [0.1, 0.15) is 0 Å². The summed E-state index contributed by atoms with van der Waals surface area (Å²) in [5.41, 5.74) is 1.14. The van der Waals surface area contributed by atoms with Crippen LogP contribution in [0.15, 0.2) is 28.7 Å². The highest BCUT2D eigenvalue weighted by molar-refractivity contribution is 9.10. The number of aliphatic hydroxyl groups excluding tert-OH is 1. The molecule has 2 rings (SSSR count). The summed E-state index contributed by atoms with van der Waals surface area (Å²) in [7, 11) is 0. The molecule has 1 fully saturated rings. The first kappa shape index (κ1) is 11.1. The second kappa shape index (κ2) is 4.64. The Labute approximate surface area is 98.4 Å². The fourth-order valence-corrected chi connectivity index (χ4v) is 2.25. The van der Waals surface area contributed by atoms with Crippen molar-refractivity contribution >= 4 is 15.9 Å². The zero-order chi connectivity index (χ0) is 10.8. The molecular formula is C12H15BrO2. The number of ether oxygens (including phenoxy) is 1. The minimum Gasteiger partial charge on any atom is -0.393 e. The van der Waals surface area contributed by atoms with Gasteiger partial charge >= 0.3 is 0 Å². The van der Waals surface area contributed by atoms with E-state index in [4.69, 9.17) is 4.74 Å². The molecule has 1 aliphatic rings. The van der Waals surface area contributed by atoms with Gasteiger partial charge in [-0.25, -0.2) is 0 Å². The lowest BCUT2D eigenvalue weighted by Gasteiger charge is -2.33. The summed E-state index contributed by atoms with van der Waals surface area (Å²) in [6, 6.07) is 8.10. The second-order valence-corrected chi connectivity index (χ2v) is 4.97. The lowest BCUT2D eigenvalue weighted by atomic mass is 9.89. The van der Waals surface area contributed by atoms with E-state index in [1.807, 2.05) is 31.2 Å². The van der Waals surface area contributed by atoms with Crippen molar-refractivity contribution in [1.82, 2.24) is 0 Å². The van der Waals surface area contributed by atoms with Crippen LogP contribution < -0.4 is 0 Å². The van der Waals surface area contributed by atoms with Gasteiger partial charge in [0.15, 0.2) is 0 Å². The Bertz CT molecular complexity index is 323. The molecule has 0 aromatic heterocycles. The maximum absolute atomic E-state index is 9.77. The van der Waals surface area contributed by atoms with Crippen molar-refractivity contribution in [2.75, 3.05) is 6.61 Å². The number of rotatable bonds is 1. The molecule has 0 spiro atoms. The number of aliphatic hydroxyl groups is 1. The minimum atomic E-state index is -0.243. The van der Waals surface area contributed by atoms with Crippen molar-refractivity contribution in [3.05, 3.63) is 34.3 Å². The summed E-state index contributed by atoms with van der Waals surface area (Å²) >= 11 is 3.41. The minimum absolute atomic E-state index is 0.0295. The second-order valence-electron chi connectivity index (χ2n) is 4.06. The Balaban J connectivity index is 2.18. The summed E-state index contributed by atoms with van der Waals surface area (Å²) in [6.45, 7) is 2.68. The summed E-state index contributed by atoms with van der Waals surface area (Å²) in [4.78, 5) is 0. The van der Waals surface area contributed by atoms with E-state index in [2.05, 4.69) is 15.9 Å². The standard InChI is InChI=1S/C12H15BrO2/c1-8-11(14)6-7-15-12(8)9-2-4-10(13)5-3-9/h2-5,8,11-12,14H,6-7H2,1H3/t8-,11-,12+/m0/s1. The van der Waals surface area contributed by atoms with Gasteiger partial charge in [-0.15, -0.1) is 0 Å². The van der Waals surface area contributed by atoms with Gasteiger partial charge in [0.25, 0.3) is 0 Å². The first-order valence-electron chi connectivity index (χ1n) is 5.23. The topological polar surface area (TPSA) is 29.5 Å². The van der Waals surface area contributed by atoms with Crippen LogP contribution in [-0.2, 0) is 4.74 Å². The SMILES string of the molecule is C[C@H]1[C@@H](O)CCO[C@H]1c1ccc(Br)cc1. The highest BCUT2D eigenvalue weighted by Crippen LogP contribution is 2.33. The van der Waals surface area contributed by atoms with Gasteiger partial charge < -0.3 is 9.84 Å². The molecule has 0 unspecified atom stereocenters. The molecule has 2 nitrogen and oxygen atoms in total. The van der Waals surface area contributed by atoms with Crippen LogP contribution in [0.25, 0.3) is 0 Å². The molecule has 15 heavy (non-hydrogen) atoms. The molecule has 1 N–H and O–H groups in total. The third-order valence-electron chi connectivity index (χ3n) is 2.99. The summed E-state index contributed by atoms with van der Waals surface area (Å²) in [5, 5.41) is 9.77. The number of halogens is 1. The van der Waals surface area contributed by atoms with Crippen LogP contribution in [0.5, 0.6) is 0 Å². The number of hydrogen-bond donors (Lipinski definition) is 1. The number of hydrogen-bond acceptors (Lipinski definition) is 2. The van der Waals surface area contributed by atoms with Gasteiger partial charge in [0, 0.05) is 17.0 Å². The van der Waals surface area contributed by atoms with Gasteiger partial charge in [-0.1, -0.05) is 35.0 Å². The van der Waals surface area contributed by atoms with E-state index < -0.39 is 0 Å². The average Bonchev–Trinajstić information content (AvgIpc) is 2.24. The maximum atomic E-state index is 9.77. The van der Waals surface area contributed by atoms with Crippen LogP contribution in [0, 0.1) is 5.92 Å². The van der Waals surface area contributed by atoms with E-state index in [1.54, 1.807) is 0 Å². The van der Waals surface area contributed by atoms with E-state index in [-0.39, 0.29) is 18.1 Å². The molecule has 1 heterocycles. The zero-order valence-corrected chi connectivity index (χ0v) is 10.3. The third-order valence-corrected chi connectivity index (χ3v) is 3.52. The molecule has 82 valence electrons. The average molecular weight is 271 g/mol. The third kappa shape index (κ3) is 2.41. The van der Waals surface area contributed by atoms with Gasteiger partial charge in [-0.2, -0.15) is 0 Å². The first-order chi connectivity index (χ1) is 7.18. The Hall–Kier alpha value is -0.380. The Morgan fingerprint density at radius 3 is 2.67 bits per heavy atom. The van der Waals surface area contributed by atoms with Crippen molar-refractivity contribution in [2.24, 2.45) is 5.92 Å². The first-order valence-corrected chi connectivity index (χ1v) is 6.03. The van der Waals surface area contributed by atoms with Crippen molar-refractivity contribution in [1.29, 1.82) is 0 Å². The predicted molar refractivity (Wildman–Crippen MR) is 62.6 cm³/mol. The summed E-state index contributed by atoms with van der Waals surface area (Å²) < 4.78 is 6.78. The van der Waals surface area contributed by atoms with Crippen molar-refractivity contribution in [2.45, 2.75) is 25.6 Å². The van der Waals surface area contributed by atoms with Crippen LogP contribution in [0.1, 0.15) is 25.0 Å². The molecule has 0 saturated carbocycles. The molecule has 3 heteroatoms. The van der Waals surface area contributed by atoms with Gasteiger partial charge in [0.2, 0.25) is 0 Å². The molecule has 0 bridgehead atoms. The lowest BCUT2D eigenvalue weighted by Crippen LogP contribution is -2.32. The van der Waals surface area contributed by atoms with Gasteiger partial charge in [-0.05, 0) is 24.1 Å². The molecule has 1 aromatic rings. The van der Waals surface area contributed by atoms with Crippen molar-refractivity contribution in [3.8, 4) is 0 Å².